The maximum absolute atomic E-state index is 12.1. The van der Waals surface area contributed by atoms with E-state index in [4.69, 9.17) is 4.74 Å². The van der Waals surface area contributed by atoms with Crippen molar-refractivity contribution in [3.63, 3.8) is 0 Å². The first-order valence-electron chi connectivity index (χ1n) is 9.39. The van der Waals surface area contributed by atoms with Crippen molar-refractivity contribution in [3.8, 4) is 5.75 Å². The van der Waals surface area contributed by atoms with E-state index < -0.39 is 10.0 Å². The zero-order chi connectivity index (χ0) is 22.3. The molecule has 0 saturated carbocycles. The molecule has 2 amide bonds. The first-order chi connectivity index (χ1) is 14.1. The number of amides is 2. The summed E-state index contributed by atoms with van der Waals surface area (Å²) in [5.74, 6) is 0.116. The van der Waals surface area contributed by atoms with Gasteiger partial charge in [-0.3, -0.25) is 14.3 Å². The Morgan fingerprint density at radius 2 is 1.50 bits per heavy atom. The SMILES string of the molecule is Cc1ccc(C)c(OCC(=O)NCCNC(=O)c2ccc(NS(C)(=O)=O)cc2)c1C. The van der Waals surface area contributed by atoms with Gasteiger partial charge in [0.2, 0.25) is 10.0 Å². The van der Waals surface area contributed by atoms with Gasteiger partial charge in [0.15, 0.2) is 6.61 Å². The van der Waals surface area contributed by atoms with E-state index in [9.17, 15) is 18.0 Å². The molecule has 2 rings (SSSR count). The van der Waals surface area contributed by atoms with Crippen molar-refractivity contribution in [2.75, 3.05) is 30.7 Å². The molecule has 0 heterocycles. The lowest BCUT2D eigenvalue weighted by Crippen LogP contribution is -2.36. The van der Waals surface area contributed by atoms with Crippen LogP contribution in [-0.4, -0.2) is 46.2 Å². The zero-order valence-electron chi connectivity index (χ0n) is 17.5. The molecule has 2 aromatic rings. The fourth-order valence-electron chi connectivity index (χ4n) is 2.72. The molecule has 0 bridgehead atoms. The van der Waals surface area contributed by atoms with Gasteiger partial charge in [-0.15, -0.1) is 0 Å². The number of nitrogens with one attached hydrogen (secondary N) is 3. The van der Waals surface area contributed by atoms with Crippen molar-refractivity contribution in [2.45, 2.75) is 20.8 Å². The van der Waals surface area contributed by atoms with Gasteiger partial charge in [-0.25, -0.2) is 8.42 Å². The van der Waals surface area contributed by atoms with Crippen LogP contribution in [0.25, 0.3) is 0 Å². The van der Waals surface area contributed by atoms with Gasteiger partial charge in [-0.05, 0) is 61.7 Å². The van der Waals surface area contributed by atoms with E-state index in [0.717, 1.165) is 22.9 Å². The smallest absolute Gasteiger partial charge is 0.258 e. The first-order valence-corrected chi connectivity index (χ1v) is 11.3. The second kappa shape index (κ2) is 10.1. The summed E-state index contributed by atoms with van der Waals surface area (Å²) in [5, 5.41) is 5.38. The summed E-state index contributed by atoms with van der Waals surface area (Å²) < 4.78 is 30.4. The molecule has 162 valence electrons. The maximum Gasteiger partial charge on any atom is 0.258 e. The third kappa shape index (κ3) is 7.07. The predicted octanol–water partition coefficient (Wildman–Crippen LogP) is 1.91. The van der Waals surface area contributed by atoms with Crippen LogP contribution in [-0.2, 0) is 14.8 Å². The van der Waals surface area contributed by atoms with Crippen molar-refractivity contribution in [3.05, 3.63) is 58.7 Å². The fourth-order valence-corrected chi connectivity index (χ4v) is 3.28. The van der Waals surface area contributed by atoms with Crippen LogP contribution in [0.4, 0.5) is 5.69 Å². The van der Waals surface area contributed by atoms with Crippen molar-refractivity contribution >= 4 is 27.5 Å². The topological polar surface area (TPSA) is 114 Å². The Bertz CT molecular complexity index is 1020. The molecule has 0 aliphatic rings. The Labute approximate surface area is 177 Å². The quantitative estimate of drug-likeness (QED) is 0.523. The lowest BCUT2D eigenvalue weighted by molar-refractivity contribution is -0.123. The minimum Gasteiger partial charge on any atom is -0.483 e. The normalized spacial score (nSPS) is 10.9. The van der Waals surface area contributed by atoms with Crippen LogP contribution in [0.2, 0.25) is 0 Å². The highest BCUT2D eigenvalue weighted by Gasteiger charge is 2.10. The van der Waals surface area contributed by atoms with Gasteiger partial charge < -0.3 is 15.4 Å². The number of ether oxygens (including phenoxy) is 1. The highest BCUT2D eigenvalue weighted by atomic mass is 32.2. The van der Waals surface area contributed by atoms with Crippen molar-refractivity contribution in [1.82, 2.24) is 10.6 Å². The molecule has 0 spiro atoms. The first kappa shape index (κ1) is 23.2. The molecule has 0 saturated heterocycles. The Balaban J connectivity index is 1.73. The highest BCUT2D eigenvalue weighted by molar-refractivity contribution is 7.92. The average Bonchev–Trinajstić information content (AvgIpc) is 2.67. The van der Waals surface area contributed by atoms with Crippen LogP contribution in [0.1, 0.15) is 27.0 Å². The minimum atomic E-state index is -3.37. The van der Waals surface area contributed by atoms with E-state index in [1.165, 1.54) is 24.3 Å². The number of hydrogen-bond donors (Lipinski definition) is 3. The van der Waals surface area contributed by atoms with E-state index in [0.29, 0.717) is 17.0 Å². The van der Waals surface area contributed by atoms with Crippen molar-refractivity contribution in [2.24, 2.45) is 0 Å². The van der Waals surface area contributed by atoms with Crippen LogP contribution in [0.5, 0.6) is 5.75 Å². The molecule has 0 aromatic heterocycles. The second-order valence-corrected chi connectivity index (χ2v) is 8.75. The van der Waals surface area contributed by atoms with Gasteiger partial charge in [-0.1, -0.05) is 12.1 Å². The lowest BCUT2D eigenvalue weighted by atomic mass is 10.1. The van der Waals surface area contributed by atoms with E-state index in [1.54, 1.807) is 0 Å². The molecule has 0 aliphatic carbocycles. The summed E-state index contributed by atoms with van der Waals surface area (Å²) in [7, 11) is -3.37. The summed E-state index contributed by atoms with van der Waals surface area (Å²) in [5.41, 5.74) is 3.83. The van der Waals surface area contributed by atoms with Gasteiger partial charge in [0.05, 0.1) is 6.26 Å². The van der Waals surface area contributed by atoms with Crippen molar-refractivity contribution < 1.29 is 22.7 Å². The molecular formula is C21H27N3O5S. The molecule has 30 heavy (non-hydrogen) atoms. The molecule has 0 unspecified atom stereocenters. The summed E-state index contributed by atoms with van der Waals surface area (Å²) in [4.78, 5) is 24.1. The number of anilines is 1. The van der Waals surface area contributed by atoms with E-state index >= 15 is 0 Å². The molecule has 2 aromatic carbocycles. The van der Waals surface area contributed by atoms with Crippen molar-refractivity contribution in [1.29, 1.82) is 0 Å². The van der Waals surface area contributed by atoms with Crippen LogP contribution >= 0.6 is 0 Å². The number of carbonyl (C=O) groups excluding carboxylic acids is 2. The third-order valence-corrected chi connectivity index (χ3v) is 5.01. The second-order valence-electron chi connectivity index (χ2n) is 7.00. The van der Waals surface area contributed by atoms with E-state index in [-0.39, 0.29) is 31.5 Å². The van der Waals surface area contributed by atoms with Gasteiger partial charge in [-0.2, -0.15) is 0 Å². The number of rotatable bonds is 9. The Morgan fingerprint density at radius 1 is 0.900 bits per heavy atom. The molecular weight excluding hydrogens is 406 g/mol. The zero-order valence-corrected chi connectivity index (χ0v) is 18.4. The molecule has 3 N–H and O–H groups in total. The van der Waals surface area contributed by atoms with Gasteiger partial charge in [0, 0.05) is 24.3 Å². The van der Waals surface area contributed by atoms with E-state index in [1.807, 2.05) is 32.9 Å². The molecule has 9 heteroatoms. The van der Waals surface area contributed by atoms with Crippen LogP contribution in [0, 0.1) is 20.8 Å². The Kier molecular flexibility index (Phi) is 7.82. The monoisotopic (exact) mass is 433 g/mol. The van der Waals surface area contributed by atoms with E-state index in [2.05, 4.69) is 15.4 Å². The number of sulfonamides is 1. The maximum atomic E-state index is 12.1. The van der Waals surface area contributed by atoms with Gasteiger partial charge >= 0.3 is 0 Å². The molecule has 0 aliphatic heterocycles. The molecule has 0 radical (unpaired) electrons. The average molecular weight is 434 g/mol. The lowest BCUT2D eigenvalue weighted by Gasteiger charge is -2.14. The number of aryl methyl sites for hydroxylation is 2. The van der Waals surface area contributed by atoms with Crippen LogP contribution in [0.3, 0.4) is 0 Å². The molecule has 0 fully saturated rings. The number of benzene rings is 2. The van der Waals surface area contributed by atoms with Gasteiger partial charge in [0.25, 0.3) is 11.8 Å². The summed E-state index contributed by atoms with van der Waals surface area (Å²) >= 11 is 0. The Morgan fingerprint density at radius 3 is 2.13 bits per heavy atom. The highest BCUT2D eigenvalue weighted by Crippen LogP contribution is 2.25. The predicted molar refractivity (Wildman–Crippen MR) is 116 cm³/mol. The standard InChI is InChI=1S/C21H27N3O5S/c1-14-5-6-15(2)20(16(14)3)29-13-19(25)22-11-12-23-21(26)17-7-9-18(10-8-17)24-30(4,27)28/h5-10,24H,11-13H2,1-4H3,(H,22,25)(H,23,26). The summed E-state index contributed by atoms with van der Waals surface area (Å²) in [6.45, 7) is 6.27. The molecule has 0 atom stereocenters. The van der Waals surface area contributed by atoms with Gasteiger partial charge in [0.1, 0.15) is 5.75 Å². The Hall–Kier alpha value is -3.07. The summed E-state index contributed by atoms with van der Waals surface area (Å²) in [6, 6.07) is 10.0. The molecule has 8 nitrogen and oxygen atoms in total. The minimum absolute atomic E-state index is 0.103. The summed E-state index contributed by atoms with van der Waals surface area (Å²) in [6.07, 6.45) is 1.05. The van der Waals surface area contributed by atoms with Crippen LogP contribution < -0.4 is 20.1 Å². The number of carbonyl (C=O) groups is 2. The fraction of sp³-hybridized carbons (Fsp3) is 0.333. The number of hydrogen-bond acceptors (Lipinski definition) is 5. The largest absolute Gasteiger partial charge is 0.483 e. The third-order valence-electron chi connectivity index (χ3n) is 4.40. The van der Waals surface area contributed by atoms with Crippen LogP contribution in [0.15, 0.2) is 36.4 Å².